The molecule has 1 aliphatic heterocycles. The third kappa shape index (κ3) is 5.41. The first kappa shape index (κ1) is 19.1. The molecule has 0 saturated carbocycles. The number of para-hydroxylation sites is 1. The van der Waals surface area contributed by atoms with E-state index in [2.05, 4.69) is 36.8 Å². The highest BCUT2D eigenvalue weighted by molar-refractivity contribution is 9.10. The van der Waals surface area contributed by atoms with Gasteiger partial charge in [0.1, 0.15) is 11.0 Å². The molecule has 0 bridgehead atoms. The van der Waals surface area contributed by atoms with Crippen molar-refractivity contribution >= 4 is 56.6 Å². The van der Waals surface area contributed by atoms with Gasteiger partial charge in [-0.15, -0.1) is 5.10 Å². The summed E-state index contributed by atoms with van der Waals surface area (Å²) in [6, 6.07) is 13.9. The first-order chi connectivity index (χ1) is 13.0. The maximum Gasteiger partial charge on any atom is 0.240 e. The van der Waals surface area contributed by atoms with Crippen LogP contribution in [0.15, 0.2) is 63.2 Å². The van der Waals surface area contributed by atoms with E-state index in [1.54, 1.807) is 36.4 Å². The predicted octanol–water partition coefficient (Wildman–Crippen LogP) is 3.11. The molecule has 1 aliphatic rings. The number of carbonyl (C=O) groups is 2. The number of hydrogen-bond donors (Lipinski definition) is 3. The fraction of sp³-hybridized carbons (Fsp3) is 0.111. The molecule has 0 spiro atoms. The van der Waals surface area contributed by atoms with Gasteiger partial charge in [0.15, 0.2) is 5.17 Å². The van der Waals surface area contributed by atoms with Crippen LogP contribution in [-0.4, -0.2) is 33.6 Å². The summed E-state index contributed by atoms with van der Waals surface area (Å²) in [7, 11) is 0. The second-order valence-electron chi connectivity index (χ2n) is 5.56. The SMILES string of the molecule is O=C(CC1SC(=N/N=C/c2ccccc2O)NC1=O)Nc1ccc(Br)cc1. The lowest BCUT2D eigenvalue weighted by atomic mass is 10.2. The molecule has 1 unspecified atom stereocenters. The second kappa shape index (κ2) is 8.83. The third-order valence-electron chi connectivity index (χ3n) is 3.56. The second-order valence-corrected chi connectivity index (χ2v) is 7.67. The summed E-state index contributed by atoms with van der Waals surface area (Å²) in [6.07, 6.45) is 1.41. The van der Waals surface area contributed by atoms with E-state index in [1.165, 1.54) is 6.21 Å². The van der Waals surface area contributed by atoms with Gasteiger partial charge < -0.3 is 15.7 Å². The number of hydrogen-bond acceptors (Lipinski definition) is 6. The molecule has 0 aliphatic carbocycles. The van der Waals surface area contributed by atoms with Crippen LogP contribution in [0.2, 0.25) is 0 Å². The van der Waals surface area contributed by atoms with Gasteiger partial charge in [-0.2, -0.15) is 5.10 Å². The Bertz CT molecular complexity index is 915. The van der Waals surface area contributed by atoms with Crippen molar-refractivity contribution in [2.24, 2.45) is 10.2 Å². The van der Waals surface area contributed by atoms with Gasteiger partial charge in [0.2, 0.25) is 11.8 Å². The standard InChI is InChI=1S/C18H15BrN4O3S/c19-12-5-7-13(8-6-12)21-16(25)9-15-17(26)22-18(27-15)23-20-10-11-3-1-2-4-14(11)24/h1-8,10,15,24H,9H2,(H,21,25)(H,22,23,26)/b20-10+. The van der Waals surface area contributed by atoms with Crippen LogP contribution in [0.3, 0.4) is 0 Å². The van der Waals surface area contributed by atoms with Gasteiger partial charge in [-0.3, -0.25) is 9.59 Å². The molecule has 1 atom stereocenters. The van der Waals surface area contributed by atoms with Crippen molar-refractivity contribution in [2.75, 3.05) is 5.32 Å². The van der Waals surface area contributed by atoms with E-state index in [1.807, 2.05) is 12.1 Å². The summed E-state index contributed by atoms with van der Waals surface area (Å²) in [5.41, 5.74) is 1.18. The quantitative estimate of drug-likeness (QED) is 0.484. The smallest absolute Gasteiger partial charge is 0.240 e. The number of phenolic OH excluding ortho intramolecular Hbond substituents is 1. The number of carbonyl (C=O) groups excluding carboxylic acids is 2. The first-order valence-electron chi connectivity index (χ1n) is 7.93. The van der Waals surface area contributed by atoms with Gasteiger partial charge in [-0.1, -0.05) is 39.8 Å². The van der Waals surface area contributed by atoms with Gasteiger partial charge >= 0.3 is 0 Å². The monoisotopic (exact) mass is 446 g/mol. The predicted molar refractivity (Wildman–Crippen MR) is 110 cm³/mol. The Morgan fingerprint density at radius 3 is 2.74 bits per heavy atom. The maximum absolute atomic E-state index is 12.1. The van der Waals surface area contributed by atoms with E-state index in [0.29, 0.717) is 16.4 Å². The number of nitrogens with one attached hydrogen (secondary N) is 2. The number of thioether (sulfide) groups is 1. The van der Waals surface area contributed by atoms with Crippen molar-refractivity contribution in [3.8, 4) is 5.75 Å². The van der Waals surface area contributed by atoms with Gasteiger partial charge in [-0.25, -0.2) is 0 Å². The Kier molecular flexibility index (Phi) is 6.25. The van der Waals surface area contributed by atoms with E-state index < -0.39 is 5.25 Å². The molecule has 138 valence electrons. The van der Waals surface area contributed by atoms with Crippen molar-refractivity contribution in [1.82, 2.24) is 5.32 Å². The lowest BCUT2D eigenvalue weighted by Gasteiger charge is -2.07. The minimum absolute atomic E-state index is 0.0226. The molecule has 2 amide bonds. The number of amides is 2. The number of anilines is 1. The zero-order valence-electron chi connectivity index (χ0n) is 13.9. The summed E-state index contributed by atoms with van der Waals surface area (Å²) in [5.74, 6) is -0.460. The van der Waals surface area contributed by atoms with Crippen LogP contribution in [-0.2, 0) is 9.59 Å². The highest BCUT2D eigenvalue weighted by atomic mass is 79.9. The third-order valence-corrected chi connectivity index (χ3v) is 5.16. The normalized spacial score (nSPS) is 18.0. The largest absolute Gasteiger partial charge is 0.507 e. The van der Waals surface area contributed by atoms with Gasteiger partial charge in [0.25, 0.3) is 0 Å². The molecule has 27 heavy (non-hydrogen) atoms. The Balaban J connectivity index is 1.56. The van der Waals surface area contributed by atoms with Crippen molar-refractivity contribution in [3.05, 3.63) is 58.6 Å². The van der Waals surface area contributed by atoms with Gasteiger partial charge in [-0.05, 0) is 36.4 Å². The highest BCUT2D eigenvalue weighted by Gasteiger charge is 2.32. The lowest BCUT2D eigenvalue weighted by Crippen LogP contribution is -2.28. The Hall–Kier alpha value is -2.65. The van der Waals surface area contributed by atoms with Crippen LogP contribution >= 0.6 is 27.7 Å². The Morgan fingerprint density at radius 1 is 1.26 bits per heavy atom. The van der Waals surface area contributed by atoms with Crippen molar-refractivity contribution < 1.29 is 14.7 Å². The molecule has 0 aromatic heterocycles. The fourth-order valence-electron chi connectivity index (χ4n) is 2.24. The van der Waals surface area contributed by atoms with Gasteiger partial charge in [0.05, 0.1) is 6.21 Å². The van der Waals surface area contributed by atoms with Crippen LogP contribution in [0, 0.1) is 0 Å². The van der Waals surface area contributed by atoms with E-state index in [4.69, 9.17) is 0 Å². The van der Waals surface area contributed by atoms with E-state index in [9.17, 15) is 14.7 Å². The number of benzene rings is 2. The molecule has 3 N–H and O–H groups in total. The van der Waals surface area contributed by atoms with Crippen molar-refractivity contribution in [2.45, 2.75) is 11.7 Å². The molecule has 7 nitrogen and oxygen atoms in total. The summed E-state index contributed by atoms with van der Waals surface area (Å²) >= 11 is 4.47. The Labute approximate surface area is 168 Å². The average Bonchev–Trinajstić information content (AvgIpc) is 2.98. The fourth-order valence-corrected chi connectivity index (χ4v) is 3.43. The molecule has 9 heteroatoms. The van der Waals surface area contributed by atoms with Gasteiger partial charge in [0, 0.05) is 22.1 Å². The molecular weight excluding hydrogens is 432 g/mol. The number of phenols is 1. The molecule has 2 aromatic rings. The van der Waals surface area contributed by atoms with Crippen LogP contribution < -0.4 is 10.6 Å². The number of nitrogens with zero attached hydrogens (tertiary/aromatic N) is 2. The minimum atomic E-state index is -0.570. The lowest BCUT2D eigenvalue weighted by molar-refractivity contribution is -0.122. The molecule has 1 heterocycles. The molecule has 1 fully saturated rings. The van der Waals surface area contributed by atoms with Crippen molar-refractivity contribution in [3.63, 3.8) is 0 Å². The van der Waals surface area contributed by atoms with Crippen molar-refractivity contribution in [1.29, 1.82) is 0 Å². The minimum Gasteiger partial charge on any atom is -0.507 e. The molecular formula is C18H15BrN4O3S. The maximum atomic E-state index is 12.1. The topological polar surface area (TPSA) is 103 Å². The zero-order chi connectivity index (χ0) is 19.2. The Morgan fingerprint density at radius 2 is 2.00 bits per heavy atom. The summed E-state index contributed by atoms with van der Waals surface area (Å²) in [4.78, 5) is 24.1. The summed E-state index contributed by atoms with van der Waals surface area (Å²) in [5, 5.41) is 22.5. The zero-order valence-corrected chi connectivity index (χ0v) is 16.3. The van der Waals surface area contributed by atoms with E-state index in [0.717, 1.165) is 16.2 Å². The van der Waals surface area contributed by atoms with Crippen LogP contribution in [0.25, 0.3) is 0 Å². The first-order valence-corrected chi connectivity index (χ1v) is 9.60. The molecule has 1 saturated heterocycles. The highest BCUT2D eigenvalue weighted by Crippen LogP contribution is 2.23. The number of aromatic hydroxyl groups is 1. The number of rotatable bonds is 5. The molecule has 0 radical (unpaired) electrons. The molecule has 3 rings (SSSR count). The van der Waals surface area contributed by atoms with Crippen LogP contribution in [0.4, 0.5) is 5.69 Å². The van der Waals surface area contributed by atoms with E-state index in [-0.39, 0.29) is 24.0 Å². The average molecular weight is 447 g/mol. The van der Waals surface area contributed by atoms with Crippen LogP contribution in [0.5, 0.6) is 5.75 Å². The summed E-state index contributed by atoms with van der Waals surface area (Å²) in [6.45, 7) is 0. The summed E-state index contributed by atoms with van der Waals surface area (Å²) < 4.78 is 0.913. The number of halogens is 1. The van der Waals surface area contributed by atoms with Crippen LogP contribution in [0.1, 0.15) is 12.0 Å². The number of amidine groups is 1. The molecule has 2 aromatic carbocycles. The van der Waals surface area contributed by atoms with E-state index >= 15 is 0 Å².